The van der Waals surface area contributed by atoms with Crippen molar-refractivity contribution in [2.24, 2.45) is 12.8 Å². The number of benzene rings is 2. The van der Waals surface area contributed by atoms with Crippen LogP contribution in [-0.4, -0.2) is 108 Å². The van der Waals surface area contributed by atoms with Gasteiger partial charge in [-0.05, 0) is 42.8 Å². The minimum Gasteiger partial charge on any atom is -0.494 e. The highest BCUT2D eigenvalue weighted by molar-refractivity contribution is 6.03. The minimum atomic E-state index is -1.14. The van der Waals surface area contributed by atoms with Crippen LogP contribution in [0, 0.1) is 18.6 Å². The van der Waals surface area contributed by atoms with E-state index in [0.29, 0.717) is 54.0 Å². The molecule has 0 spiro atoms. The molecule has 0 atom stereocenters. The first-order valence-corrected chi connectivity index (χ1v) is 14.4. The number of carbonyl (C=O) groups excluding carboxylic acids is 4. The van der Waals surface area contributed by atoms with Gasteiger partial charge in [-0.2, -0.15) is 4.39 Å². The summed E-state index contributed by atoms with van der Waals surface area (Å²) >= 11 is 0. The van der Waals surface area contributed by atoms with E-state index in [9.17, 15) is 28.0 Å². The van der Waals surface area contributed by atoms with Gasteiger partial charge in [-0.1, -0.05) is 0 Å². The van der Waals surface area contributed by atoms with Gasteiger partial charge in [-0.3, -0.25) is 19.2 Å². The smallest absolute Gasteiger partial charge is 0.291 e. The van der Waals surface area contributed by atoms with Crippen LogP contribution < -0.4 is 15.8 Å². The standard InChI is InChI=1S/C31H37F2N7O5/c1-19-16-20(36-30(43)29-35-17-23(37(29)2)22-8-9-24(45-5)28(33)27(22)32)6-7-21(19)31(44)39-13-11-38(12-14-39)26(42)10-15-40(3,4)18-25(34)41/h6-9,16-17H,10-15,18H2,1-5H3,(H2-,34,36,41,43,44)/p+1. The van der Waals surface area contributed by atoms with E-state index in [2.05, 4.69) is 10.3 Å². The third-order valence-corrected chi connectivity index (χ3v) is 7.88. The molecule has 0 aliphatic carbocycles. The third kappa shape index (κ3) is 7.45. The maximum absolute atomic E-state index is 14.7. The number of halogens is 2. The van der Waals surface area contributed by atoms with Gasteiger partial charge in [0.1, 0.15) is 0 Å². The number of nitrogens with two attached hydrogens (primary N) is 1. The highest BCUT2D eigenvalue weighted by Crippen LogP contribution is 2.30. The molecule has 45 heavy (non-hydrogen) atoms. The fourth-order valence-corrected chi connectivity index (χ4v) is 5.31. The molecule has 1 saturated heterocycles. The normalized spacial score (nSPS) is 13.5. The summed E-state index contributed by atoms with van der Waals surface area (Å²) in [5.74, 6) is -3.73. The third-order valence-electron chi connectivity index (χ3n) is 7.88. The van der Waals surface area contributed by atoms with Gasteiger partial charge < -0.3 is 34.6 Å². The molecule has 4 rings (SSSR count). The van der Waals surface area contributed by atoms with Crippen molar-refractivity contribution in [3.8, 4) is 17.0 Å². The number of primary amides is 1. The van der Waals surface area contributed by atoms with Gasteiger partial charge in [0, 0.05) is 50.0 Å². The number of hydrogen-bond donors (Lipinski definition) is 2. The highest BCUT2D eigenvalue weighted by atomic mass is 19.2. The Morgan fingerprint density at radius 3 is 2.31 bits per heavy atom. The lowest BCUT2D eigenvalue weighted by Gasteiger charge is -2.36. The van der Waals surface area contributed by atoms with Crippen LogP contribution >= 0.6 is 0 Å². The summed E-state index contributed by atoms with van der Waals surface area (Å²) in [5, 5.41) is 2.74. The number of imidazole rings is 1. The summed E-state index contributed by atoms with van der Waals surface area (Å²) in [6.07, 6.45) is 1.56. The van der Waals surface area contributed by atoms with Gasteiger partial charge in [-0.15, -0.1) is 0 Å². The van der Waals surface area contributed by atoms with Crippen molar-refractivity contribution in [1.82, 2.24) is 19.4 Å². The van der Waals surface area contributed by atoms with Crippen molar-refractivity contribution in [2.75, 3.05) is 65.8 Å². The number of hydrogen-bond acceptors (Lipinski definition) is 6. The number of amides is 4. The molecule has 12 nitrogen and oxygen atoms in total. The molecule has 1 aliphatic rings. The van der Waals surface area contributed by atoms with E-state index in [1.165, 1.54) is 37.1 Å². The number of carbonyl (C=O) groups is 4. The summed E-state index contributed by atoms with van der Waals surface area (Å²) in [5.41, 5.74) is 6.95. The zero-order valence-electron chi connectivity index (χ0n) is 26.0. The van der Waals surface area contributed by atoms with Crippen LogP contribution in [0.1, 0.15) is 33.0 Å². The summed E-state index contributed by atoms with van der Waals surface area (Å²) in [7, 11) is 6.44. The molecule has 1 aromatic heterocycles. The van der Waals surface area contributed by atoms with Crippen LogP contribution in [0.25, 0.3) is 11.3 Å². The number of piperazine rings is 1. The number of methoxy groups -OCH3 is 1. The largest absolute Gasteiger partial charge is 0.494 e. The molecule has 3 N–H and O–H groups in total. The molecular formula is C31H38F2N7O5+. The number of nitrogens with zero attached hydrogens (tertiary/aromatic N) is 5. The Bertz CT molecular complexity index is 1630. The number of quaternary nitrogens is 1. The second kappa shape index (κ2) is 13.4. The van der Waals surface area contributed by atoms with Crippen molar-refractivity contribution >= 4 is 29.3 Å². The summed E-state index contributed by atoms with van der Waals surface area (Å²) in [6, 6.07) is 7.54. The molecule has 2 aromatic carbocycles. The SMILES string of the molecule is COc1ccc(-c2cnc(C(=O)Nc3ccc(C(=O)N4CCN(C(=O)CC[N+](C)(C)CC(N)=O)CC4)c(C)c3)n2C)c(F)c1F. The van der Waals surface area contributed by atoms with Crippen LogP contribution in [0.2, 0.25) is 0 Å². The molecule has 0 saturated carbocycles. The van der Waals surface area contributed by atoms with Crippen LogP contribution in [-0.2, 0) is 16.6 Å². The van der Waals surface area contributed by atoms with Crippen molar-refractivity contribution in [1.29, 1.82) is 0 Å². The molecule has 0 radical (unpaired) electrons. The molecule has 14 heteroatoms. The fourth-order valence-electron chi connectivity index (χ4n) is 5.31. The Morgan fingerprint density at radius 2 is 1.69 bits per heavy atom. The Hall–Kier alpha value is -4.85. The van der Waals surface area contributed by atoms with E-state index >= 15 is 0 Å². The molecule has 0 unspecified atom stereocenters. The average molecular weight is 627 g/mol. The second-order valence-electron chi connectivity index (χ2n) is 11.7. The molecular weight excluding hydrogens is 588 g/mol. The number of anilines is 1. The van der Waals surface area contributed by atoms with Crippen LogP contribution in [0.5, 0.6) is 5.75 Å². The Morgan fingerprint density at radius 1 is 1.02 bits per heavy atom. The van der Waals surface area contributed by atoms with Crippen molar-refractivity contribution in [3.63, 3.8) is 0 Å². The number of rotatable bonds is 10. The van der Waals surface area contributed by atoms with Gasteiger partial charge in [0.25, 0.3) is 17.7 Å². The lowest BCUT2D eigenvalue weighted by molar-refractivity contribution is -0.881. The Balaban J connectivity index is 1.36. The zero-order valence-corrected chi connectivity index (χ0v) is 26.0. The fraction of sp³-hybridized carbons (Fsp3) is 0.387. The molecule has 1 fully saturated rings. The van der Waals surface area contributed by atoms with Gasteiger partial charge >= 0.3 is 0 Å². The molecule has 2 heterocycles. The van der Waals surface area contributed by atoms with Crippen molar-refractivity contribution < 1.29 is 37.2 Å². The number of aromatic nitrogens is 2. The highest BCUT2D eigenvalue weighted by Gasteiger charge is 2.28. The summed E-state index contributed by atoms with van der Waals surface area (Å²) in [6.45, 7) is 3.94. The molecule has 0 bridgehead atoms. The number of likely N-dealkylation sites (N-methyl/N-ethyl adjacent to an activating group) is 1. The van der Waals surface area contributed by atoms with E-state index in [-0.39, 0.29) is 47.6 Å². The number of aryl methyl sites for hydroxylation is 1. The lowest BCUT2D eigenvalue weighted by atomic mass is 10.1. The zero-order chi connectivity index (χ0) is 33.1. The van der Waals surface area contributed by atoms with Crippen LogP contribution in [0.15, 0.2) is 36.5 Å². The van der Waals surface area contributed by atoms with E-state index in [1.807, 2.05) is 14.1 Å². The van der Waals surface area contributed by atoms with Crippen LogP contribution in [0.4, 0.5) is 14.5 Å². The number of nitrogens with one attached hydrogen (secondary N) is 1. The maximum Gasteiger partial charge on any atom is 0.291 e. The average Bonchev–Trinajstić information content (AvgIpc) is 3.37. The van der Waals surface area contributed by atoms with E-state index in [4.69, 9.17) is 10.5 Å². The van der Waals surface area contributed by atoms with Crippen LogP contribution in [0.3, 0.4) is 0 Å². The predicted octanol–water partition coefficient (Wildman–Crippen LogP) is 2.17. The van der Waals surface area contributed by atoms with Crippen molar-refractivity contribution in [2.45, 2.75) is 13.3 Å². The predicted molar refractivity (Wildman–Crippen MR) is 162 cm³/mol. The Kier molecular flexibility index (Phi) is 9.86. The first-order valence-electron chi connectivity index (χ1n) is 14.4. The molecule has 3 aromatic rings. The van der Waals surface area contributed by atoms with E-state index < -0.39 is 23.4 Å². The van der Waals surface area contributed by atoms with Gasteiger partial charge in [-0.25, -0.2) is 9.37 Å². The molecule has 1 aliphatic heterocycles. The lowest BCUT2D eigenvalue weighted by Crippen LogP contribution is -2.52. The molecule has 4 amide bonds. The monoisotopic (exact) mass is 626 g/mol. The Labute approximate surface area is 259 Å². The van der Waals surface area contributed by atoms with E-state index in [1.54, 1.807) is 34.9 Å². The second-order valence-corrected chi connectivity index (χ2v) is 11.7. The minimum absolute atomic E-state index is 0.0266. The van der Waals surface area contributed by atoms with Gasteiger partial charge in [0.05, 0.1) is 46.1 Å². The quantitative estimate of drug-likeness (QED) is 0.331. The van der Waals surface area contributed by atoms with Gasteiger partial charge in [0.15, 0.2) is 23.9 Å². The summed E-state index contributed by atoms with van der Waals surface area (Å²) in [4.78, 5) is 57.8. The maximum atomic E-state index is 14.7. The van der Waals surface area contributed by atoms with Crippen molar-refractivity contribution in [3.05, 3.63) is 65.1 Å². The summed E-state index contributed by atoms with van der Waals surface area (Å²) < 4.78 is 35.4. The first kappa shape index (κ1) is 33.1. The molecule has 240 valence electrons. The first-order chi connectivity index (χ1) is 21.2. The number of ether oxygens (including phenoxy) is 1. The topological polar surface area (TPSA) is 140 Å². The van der Waals surface area contributed by atoms with E-state index in [0.717, 1.165) is 0 Å². The van der Waals surface area contributed by atoms with Gasteiger partial charge in [0.2, 0.25) is 11.7 Å².